The zero-order chi connectivity index (χ0) is 57.5. The van der Waals surface area contributed by atoms with Crippen molar-refractivity contribution in [2.45, 2.75) is 130 Å². The average Bonchev–Trinajstić information content (AvgIpc) is 3.95. The standard InChI is InChI=1S/2C21H25.2C13H10.2C5H5.2ClH.2Zr/c2*1-20(2,3)16-7-9-18-14(12-16)11-15-13-17(21(4,5)6)8-10-19(15)18;2*1-3-7-12(8-4-1)11-13-9-5-2-6-10-13;2*1-2-4-5-3-1;;;;/h2*7-10,12H,11H2,1-6H3;2*1-10H;2*1-3H,4H2;2*1H;;/q2*-1;;;2*-1;;;2*+2/p-2. The summed E-state index contributed by atoms with van der Waals surface area (Å²) in [4.78, 5) is 0. The third-order valence-corrected chi connectivity index (χ3v) is 17.2. The first-order valence-corrected chi connectivity index (χ1v) is 30.7. The normalized spacial score (nSPS) is 12.7. The Labute approximate surface area is 536 Å². The Balaban J connectivity index is 0.000000190. The Kier molecular flexibility index (Phi) is 25.6. The van der Waals surface area contributed by atoms with Crippen molar-refractivity contribution in [2.24, 2.45) is 0 Å². The van der Waals surface area contributed by atoms with Crippen molar-refractivity contribution < 1.29 is 73.3 Å². The third-order valence-electron chi connectivity index (χ3n) is 14.3. The van der Waals surface area contributed by atoms with E-state index in [-0.39, 0.29) is 46.5 Å². The summed E-state index contributed by atoms with van der Waals surface area (Å²) in [6.07, 6.45) is 22.1. The zero-order valence-electron chi connectivity index (χ0n) is 50.4. The van der Waals surface area contributed by atoms with Gasteiger partial charge in [0.2, 0.25) is 0 Å². The van der Waals surface area contributed by atoms with Crippen molar-refractivity contribution in [1.82, 2.24) is 0 Å². The van der Waals surface area contributed by atoms with Crippen molar-refractivity contribution in [1.29, 1.82) is 0 Å². The molecular formula is C78H80Cl2Zr2-2. The number of hydrogen-bond donors (Lipinski definition) is 0. The molecule has 0 aliphatic heterocycles. The van der Waals surface area contributed by atoms with Crippen LogP contribution >= 0.6 is 0 Å². The van der Waals surface area contributed by atoms with Gasteiger partial charge in [-0.05, 0) is 56.8 Å². The molecule has 0 saturated heterocycles. The van der Waals surface area contributed by atoms with E-state index >= 15 is 0 Å². The zero-order valence-corrected chi connectivity index (χ0v) is 56.8. The molecule has 0 amide bonds. The van der Waals surface area contributed by atoms with Gasteiger partial charge < -0.3 is 24.8 Å². The Bertz CT molecular complexity index is 3000. The predicted octanol–water partition coefficient (Wildman–Crippen LogP) is 13.5. The van der Waals surface area contributed by atoms with Gasteiger partial charge in [-0.25, -0.2) is 24.3 Å². The Morgan fingerprint density at radius 3 is 0.878 bits per heavy atom. The molecule has 416 valence electrons. The van der Waals surface area contributed by atoms with Gasteiger partial charge in [0.05, 0.1) is 0 Å². The summed E-state index contributed by atoms with van der Waals surface area (Å²) in [7, 11) is 0. The number of hydrogen-bond acceptors (Lipinski definition) is 0. The predicted molar refractivity (Wildman–Crippen MR) is 337 cm³/mol. The van der Waals surface area contributed by atoms with Crippen molar-refractivity contribution in [3.05, 3.63) is 309 Å². The number of rotatable bonds is 4. The van der Waals surface area contributed by atoms with Gasteiger partial charge in [-0.2, -0.15) is 59.7 Å². The van der Waals surface area contributed by atoms with E-state index in [1.807, 2.05) is 24.3 Å². The summed E-state index contributed by atoms with van der Waals surface area (Å²) in [5, 5.41) is 0. The first-order chi connectivity index (χ1) is 38.1. The monoisotopic (exact) mass is 1270 g/mol. The first-order valence-electron chi connectivity index (χ1n) is 28.3. The molecule has 0 fully saturated rings. The summed E-state index contributed by atoms with van der Waals surface area (Å²) in [6, 6.07) is 72.5. The fourth-order valence-corrected chi connectivity index (χ4v) is 11.1. The molecular weight excluding hydrogens is 1190 g/mol. The average molecular weight is 1270 g/mol. The molecule has 0 nitrogen and oxygen atoms in total. The van der Waals surface area contributed by atoms with Crippen molar-refractivity contribution >= 4 is 6.41 Å². The molecule has 0 atom stereocenters. The van der Waals surface area contributed by atoms with Gasteiger partial charge in [0.15, 0.2) is 0 Å². The van der Waals surface area contributed by atoms with Gasteiger partial charge in [0.1, 0.15) is 0 Å². The van der Waals surface area contributed by atoms with Gasteiger partial charge in [0, 0.05) is 0 Å². The van der Waals surface area contributed by atoms with Crippen molar-refractivity contribution in [3.8, 4) is 22.3 Å². The van der Waals surface area contributed by atoms with Gasteiger partial charge in [-0.15, -0.1) is 35.1 Å². The van der Waals surface area contributed by atoms with Gasteiger partial charge >= 0.3 is 198 Å². The topological polar surface area (TPSA) is 0 Å². The number of halogens is 2. The van der Waals surface area contributed by atoms with E-state index in [9.17, 15) is 0 Å². The Morgan fingerprint density at radius 1 is 0.354 bits per heavy atom. The molecule has 0 heterocycles. The Morgan fingerprint density at radius 2 is 0.646 bits per heavy atom. The summed E-state index contributed by atoms with van der Waals surface area (Å²) < 4.78 is 2.83. The number of fused-ring (bicyclic) bond motifs is 6. The molecule has 4 aliphatic carbocycles. The molecule has 0 aromatic heterocycles. The summed E-state index contributed by atoms with van der Waals surface area (Å²) in [5.41, 5.74) is 22.7. The molecule has 8 aromatic carbocycles. The molecule has 0 unspecified atom stereocenters. The maximum absolute atomic E-state index is 3.67. The van der Waals surface area contributed by atoms with Gasteiger partial charge in [0.25, 0.3) is 0 Å². The van der Waals surface area contributed by atoms with Crippen LogP contribution in [0.5, 0.6) is 0 Å². The van der Waals surface area contributed by atoms with E-state index in [0.717, 1.165) is 25.7 Å². The molecule has 0 bridgehead atoms. The third kappa shape index (κ3) is 19.4. The molecule has 0 radical (unpaired) electrons. The minimum absolute atomic E-state index is 0. The van der Waals surface area contributed by atoms with Crippen LogP contribution in [0.2, 0.25) is 0 Å². The molecule has 0 N–H and O–H groups in total. The Hall–Kier alpha value is -5.19. The molecule has 4 aliphatic rings. The van der Waals surface area contributed by atoms with Gasteiger partial charge in [-0.3, -0.25) is 12.2 Å². The van der Waals surface area contributed by atoms with Crippen LogP contribution in [0, 0.1) is 24.3 Å². The second-order valence-corrected chi connectivity index (χ2v) is 27.3. The molecule has 0 spiro atoms. The minimum atomic E-state index is 0. The van der Waals surface area contributed by atoms with E-state index in [4.69, 9.17) is 0 Å². The number of benzene rings is 8. The van der Waals surface area contributed by atoms with Crippen LogP contribution in [0.25, 0.3) is 22.3 Å². The van der Waals surface area contributed by atoms with Crippen LogP contribution in [0.1, 0.15) is 163 Å². The maximum atomic E-state index is 3.67. The number of allylic oxidation sites excluding steroid dienone is 8. The summed E-state index contributed by atoms with van der Waals surface area (Å²) >= 11 is 2.92. The van der Waals surface area contributed by atoms with Crippen LogP contribution in [0.4, 0.5) is 0 Å². The van der Waals surface area contributed by atoms with E-state index in [0.29, 0.717) is 0 Å². The molecule has 12 rings (SSSR count). The summed E-state index contributed by atoms with van der Waals surface area (Å²) in [6.45, 7) is 27.2. The van der Waals surface area contributed by atoms with E-state index in [2.05, 4.69) is 302 Å². The first kappa shape index (κ1) is 67.6. The fraction of sp³-hybridized carbons (Fsp3) is 0.256. The van der Waals surface area contributed by atoms with E-state index in [1.54, 1.807) is 0 Å². The molecule has 0 saturated carbocycles. The molecule has 8 aromatic rings. The van der Waals surface area contributed by atoms with Crippen LogP contribution in [0.15, 0.2) is 218 Å². The molecule has 82 heavy (non-hydrogen) atoms. The molecule has 4 heteroatoms. The van der Waals surface area contributed by atoms with Crippen LogP contribution in [0.3, 0.4) is 0 Å². The van der Waals surface area contributed by atoms with Gasteiger partial charge in [-0.1, -0.05) is 131 Å². The van der Waals surface area contributed by atoms with E-state index in [1.165, 1.54) is 144 Å². The quantitative estimate of drug-likeness (QED) is 0.154. The summed E-state index contributed by atoms with van der Waals surface area (Å²) in [5.74, 6) is 0. The van der Waals surface area contributed by atoms with Crippen molar-refractivity contribution in [2.75, 3.05) is 0 Å². The fourth-order valence-electron chi connectivity index (χ4n) is 9.49. The van der Waals surface area contributed by atoms with E-state index < -0.39 is 0 Å². The van der Waals surface area contributed by atoms with Crippen LogP contribution in [-0.4, -0.2) is 6.41 Å². The van der Waals surface area contributed by atoms with Crippen LogP contribution in [-0.2, 0) is 83.0 Å². The second kappa shape index (κ2) is 31.1. The second-order valence-electron chi connectivity index (χ2n) is 24.8. The van der Waals surface area contributed by atoms with Crippen molar-refractivity contribution in [3.63, 3.8) is 0 Å². The SMILES string of the molecule is CC(C)(C)c1[c-]c2c(cc1)-c1ccc(C(C)(C)C)cc1C2.CC(C)(C)c1[c-]c2c(cc1)-c1ccc(C(C)(C)C)cc1C2.[C-]1=CC=CC1.[C-]1=CC=CC1.[Cl-].[Cl-].[Zr+2]=[C](c1ccccc1)c1ccccc1.[Zr+2]=[C](c1ccccc1)c1ccccc1. The van der Waals surface area contributed by atoms with Crippen LogP contribution < -0.4 is 24.8 Å².